The number of fused-ring (bicyclic) bond motifs is 1. The number of aliphatic hydroxyl groups is 1. The number of ether oxygens (including phenoxy) is 5. The summed E-state index contributed by atoms with van der Waals surface area (Å²) in [6, 6.07) is 5.70. The van der Waals surface area contributed by atoms with Crippen LogP contribution >= 0.6 is 0 Å². The first-order valence-electron chi connectivity index (χ1n) is 8.83. The third-order valence-corrected chi connectivity index (χ3v) is 3.60. The van der Waals surface area contributed by atoms with Crippen molar-refractivity contribution in [3.05, 3.63) is 23.8 Å². The van der Waals surface area contributed by atoms with E-state index in [0.717, 1.165) is 18.7 Å². The Morgan fingerprint density at radius 2 is 1.36 bits per heavy atom. The van der Waals surface area contributed by atoms with Crippen molar-refractivity contribution in [2.75, 3.05) is 72.6 Å². The normalized spacial score (nSPS) is 18.9. The summed E-state index contributed by atoms with van der Waals surface area (Å²) in [5.41, 5.74) is 1.01. The van der Waals surface area contributed by atoms with E-state index in [9.17, 15) is 0 Å². The molecule has 1 aliphatic heterocycles. The lowest BCUT2D eigenvalue weighted by molar-refractivity contribution is 0.0353. The van der Waals surface area contributed by atoms with E-state index in [-0.39, 0.29) is 6.61 Å². The molecule has 142 valence electrons. The summed E-state index contributed by atoms with van der Waals surface area (Å²) >= 11 is 0. The van der Waals surface area contributed by atoms with Crippen LogP contribution in [0.1, 0.15) is 5.56 Å². The van der Waals surface area contributed by atoms with Crippen molar-refractivity contribution in [3.8, 4) is 11.5 Å². The van der Waals surface area contributed by atoms with Gasteiger partial charge in [-0.3, -0.25) is 0 Å². The molecular weight excluding hydrogens is 326 g/mol. The second kappa shape index (κ2) is 12.9. The molecule has 7 nitrogen and oxygen atoms in total. The molecule has 1 heterocycles. The third kappa shape index (κ3) is 8.51. The molecule has 0 aromatic heterocycles. The summed E-state index contributed by atoms with van der Waals surface area (Å²) < 4.78 is 28.1. The van der Waals surface area contributed by atoms with E-state index in [0.29, 0.717) is 70.8 Å². The minimum atomic E-state index is 0.103. The fraction of sp³-hybridized carbons (Fsp3) is 0.667. The smallest absolute Gasteiger partial charge is 0.161 e. The van der Waals surface area contributed by atoms with Crippen LogP contribution < -0.4 is 14.8 Å². The van der Waals surface area contributed by atoms with Crippen molar-refractivity contribution in [1.29, 1.82) is 0 Å². The SMILES string of the molecule is OCCc1ccc2c(c1)OCCOCCNCCOCCOCCO2. The van der Waals surface area contributed by atoms with Gasteiger partial charge in [0.25, 0.3) is 0 Å². The van der Waals surface area contributed by atoms with E-state index in [1.54, 1.807) is 0 Å². The van der Waals surface area contributed by atoms with E-state index in [2.05, 4.69) is 5.32 Å². The van der Waals surface area contributed by atoms with Crippen LogP contribution in [0.5, 0.6) is 11.5 Å². The lowest BCUT2D eigenvalue weighted by Gasteiger charge is -2.15. The Morgan fingerprint density at radius 3 is 2.04 bits per heavy atom. The number of aliphatic hydroxyl groups excluding tert-OH is 1. The molecule has 0 spiro atoms. The first-order chi connectivity index (χ1) is 12.4. The zero-order valence-electron chi connectivity index (χ0n) is 14.7. The van der Waals surface area contributed by atoms with Gasteiger partial charge in [0.1, 0.15) is 13.2 Å². The van der Waals surface area contributed by atoms with Crippen LogP contribution in [-0.4, -0.2) is 77.7 Å². The van der Waals surface area contributed by atoms with Gasteiger partial charge in [-0.1, -0.05) is 6.07 Å². The average molecular weight is 355 g/mol. The van der Waals surface area contributed by atoms with Gasteiger partial charge in [0, 0.05) is 19.7 Å². The molecule has 0 saturated carbocycles. The first kappa shape index (κ1) is 19.9. The molecule has 1 aromatic rings. The van der Waals surface area contributed by atoms with E-state index < -0.39 is 0 Å². The second-order valence-electron chi connectivity index (χ2n) is 5.54. The molecule has 0 saturated heterocycles. The molecule has 7 heteroatoms. The summed E-state index contributed by atoms with van der Waals surface area (Å²) in [4.78, 5) is 0. The van der Waals surface area contributed by atoms with E-state index >= 15 is 0 Å². The highest BCUT2D eigenvalue weighted by Gasteiger charge is 2.07. The third-order valence-electron chi connectivity index (χ3n) is 3.60. The maximum absolute atomic E-state index is 9.10. The molecule has 0 bridgehead atoms. The predicted molar refractivity (Wildman–Crippen MR) is 93.5 cm³/mol. The molecule has 0 aliphatic carbocycles. The number of benzene rings is 1. The van der Waals surface area contributed by atoms with Gasteiger partial charge in [-0.25, -0.2) is 0 Å². The minimum Gasteiger partial charge on any atom is -0.487 e. The quantitative estimate of drug-likeness (QED) is 0.806. The van der Waals surface area contributed by atoms with Crippen LogP contribution in [0.4, 0.5) is 0 Å². The largest absolute Gasteiger partial charge is 0.487 e. The maximum Gasteiger partial charge on any atom is 0.161 e. The lowest BCUT2D eigenvalue weighted by atomic mass is 10.1. The topological polar surface area (TPSA) is 78.4 Å². The summed E-state index contributed by atoms with van der Waals surface area (Å²) in [7, 11) is 0. The van der Waals surface area contributed by atoms with E-state index in [1.165, 1.54) is 0 Å². The van der Waals surface area contributed by atoms with Crippen LogP contribution in [0.3, 0.4) is 0 Å². The Kier molecular flexibility index (Phi) is 10.3. The van der Waals surface area contributed by atoms with Crippen LogP contribution in [0.2, 0.25) is 0 Å². The zero-order chi connectivity index (χ0) is 17.6. The van der Waals surface area contributed by atoms with Gasteiger partial charge >= 0.3 is 0 Å². The van der Waals surface area contributed by atoms with Crippen molar-refractivity contribution in [2.45, 2.75) is 6.42 Å². The minimum absolute atomic E-state index is 0.103. The Labute approximate surface area is 149 Å². The molecule has 0 radical (unpaired) electrons. The fourth-order valence-corrected chi connectivity index (χ4v) is 2.33. The molecule has 2 N–H and O–H groups in total. The first-order valence-corrected chi connectivity index (χ1v) is 8.83. The molecular formula is C18H29NO6. The summed E-state index contributed by atoms with van der Waals surface area (Å²) in [6.07, 6.45) is 0.585. The number of rotatable bonds is 2. The Bertz CT molecular complexity index is 471. The summed E-state index contributed by atoms with van der Waals surface area (Å²) in [6.45, 7) is 5.95. The molecule has 0 fully saturated rings. The Hall–Kier alpha value is -1.38. The zero-order valence-corrected chi connectivity index (χ0v) is 14.7. The number of hydrogen-bond donors (Lipinski definition) is 2. The molecule has 1 aromatic carbocycles. The van der Waals surface area contributed by atoms with E-state index in [4.69, 9.17) is 28.8 Å². The van der Waals surface area contributed by atoms with Gasteiger partial charge in [0.2, 0.25) is 0 Å². The van der Waals surface area contributed by atoms with Gasteiger partial charge in [-0.2, -0.15) is 0 Å². The maximum atomic E-state index is 9.10. The van der Waals surface area contributed by atoms with Crippen LogP contribution in [0.25, 0.3) is 0 Å². The average Bonchev–Trinajstić information content (AvgIpc) is 2.62. The lowest BCUT2D eigenvalue weighted by Crippen LogP contribution is -2.25. The highest BCUT2D eigenvalue weighted by Crippen LogP contribution is 2.28. The van der Waals surface area contributed by atoms with Gasteiger partial charge in [-0.15, -0.1) is 0 Å². The van der Waals surface area contributed by atoms with Crippen LogP contribution in [0.15, 0.2) is 18.2 Å². The standard InChI is InChI=1S/C18H29NO6/c20-6-3-16-1-2-17-18(15-16)25-14-11-22-8-5-19-4-7-21-9-10-23-12-13-24-17/h1-2,15,19-20H,3-14H2. The van der Waals surface area contributed by atoms with Crippen molar-refractivity contribution >= 4 is 0 Å². The van der Waals surface area contributed by atoms with Gasteiger partial charge in [0.05, 0.1) is 39.6 Å². The molecule has 1 aliphatic rings. The monoisotopic (exact) mass is 355 g/mol. The van der Waals surface area contributed by atoms with Crippen LogP contribution in [0, 0.1) is 0 Å². The summed E-state index contributed by atoms with van der Waals surface area (Å²) in [5, 5.41) is 12.4. The predicted octanol–water partition coefficient (Wildman–Crippen LogP) is 0.632. The Balaban J connectivity index is 1.89. The molecule has 0 atom stereocenters. The van der Waals surface area contributed by atoms with Crippen molar-refractivity contribution in [3.63, 3.8) is 0 Å². The molecule has 0 unspecified atom stereocenters. The highest BCUT2D eigenvalue weighted by atomic mass is 16.6. The molecule has 0 amide bonds. The van der Waals surface area contributed by atoms with Crippen molar-refractivity contribution < 1.29 is 28.8 Å². The Morgan fingerprint density at radius 1 is 0.760 bits per heavy atom. The summed E-state index contributed by atoms with van der Waals surface area (Å²) in [5.74, 6) is 1.33. The van der Waals surface area contributed by atoms with Gasteiger partial charge in [-0.05, 0) is 24.1 Å². The van der Waals surface area contributed by atoms with Crippen LogP contribution in [-0.2, 0) is 20.6 Å². The molecule has 25 heavy (non-hydrogen) atoms. The number of nitrogens with one attached hydrogen (secondary N) is 1. The molecule has 2 rings (SSSR count). The van der Waals surface area contributed by atoms with E-state index in [1.807, 2.05) is 18.2 Å². The van der Waals surface area contributed by atoms with Gasteiger partial charge < -0.3 is 34.1 Å². The van der Waals surface area contributed by atoms with Crippen molar-refractivity contribution in [2.24, 2.45) is 0 Å². The second-order valence-corrected chi connectivity index (χ2v) is 5.54. The van der Waals surface area contributed by atoms with Gasteiger partial charge in [0.15, 0.2) is 11.5 Å². The number of hydrogen-bond acceptors (Lipinski definition) is 7. The highest BCUT2D eigenvalue weighted by molar-refractivity contribution is 5.43. The fourth-order valence-electron chi connectivity index (χ4n) is 2.33. The van der Waals surface area contributed by atoms with Crippen molar-refractivity contribution in [1.82, 2.24) is 5.32 Å².